The van der Waals surface area contributed by atoms with Crippen LogP contribution in [0.5, 0.6) is 5.75 Å². The van der Waals surface area contributed by atoms with E-state index in [1.54, 1.807) is 23.1 Å². The molecule has 1 N–H and O–H groups in total. The van der Waals surface area contributed by atoms with Gasteiger partial charge in [0.05, 0.1) is 23.3 Å². The average molecular weight is 562 g/mol. The number of carbonyl (C=O) groups excluding carboxylic acids is 1. The highest BCUT2D eigenvalue weighted by atomic mass is 35.5. The van der Waals surface area contributed by atoms with Crippen LogP contribution in [0, 0.1) is 5.82 Å². The second-order valence-corrected chi connectivity index (χ2v) is 11.7. The van der Waals surface area contributed by atoms with Crippen LogP contribution in [0.25, 0.3) is 0 Å². The molecule has 1 aromatic carbocycles. The Balaban J connectivity index is 1.44. The van der Waals surface area contributed by atoms with Crippen LogP contribution in [-0.2, 0) is 40.6 Å². The zero-order valence-corrected chi connectivity index (χ0v) is 22.8. The number of halogens is 2. The molecule has 0 unspecified atom stereocenters. The summed E-state index contributed by atoms with van der Waals surface area (Å²) in [4.78, 5) is 24.4. The molecule has 0 aliphatic carbocycles. The predicted octanol–water partition coefficient (Wildman–Crippen LogP) is 3.89. The number of hydrogen-bond acceptors (Lipinski definition) is 6. The lowest BCUT2D eigenvalue weighted by molar-refractivity contribution is -0.135. The van der Waals surface area contributed by atoms with Gasteiger partial charge < -0.3 is 14.2 Å². The lowest BCUT2D eigenvalue weighted by atomic mass is 9.94. The third-order valence-electron chi connectivity index (χ3n) is 6.84. The van der Waals surface area contributed by atoms with Crippen LogP contribution in [0.2, 0.25) is 5.02 Å². The first-order valence-corrected chi connectivity index (χ1v) is 14.8. The zero-order valence-electron chi connectivity index (χ0n) is 21.2. The van der Waals surface area contributed by atoms with Crippen molar-refractivity contribution in [2.45, 2.75) is 51.6 Å². The van der Waals surface area contributed by atoms with Gasteiger partial charge in [0, 0.05) is 36.5 Å². The Morgan fingerprint density at radius 2 is 2.00 bits per heavy atom. The van der Waals surface area contributed by atoms with E-state index in [-0.39, 0.29) is 23.4 Å². The maximum absolute atomic E-state index is 15.3. The molecule has 1 amide bonds. The fourth-order valence-corrected chi connectivity index (χ4v) is 5.86. The summed E-state index contributed by atoms with van der Waals surface area (Å²) in [5, 5.41) is 0.284. The van der Waals surface area contributed by atoms with Gasteiger partial charge in [0.15, 0.2) is 6.61 Å². The number of carbonyl (C=O) groups is 1. The van der Waals surface area contributed by atoms with Crippen LogP contribution in [0.1, 0.15) is 54.3 Å². The number of imidazole rings is 1. The van der Waals surface area contributed by atoms with Crippen LogP contribution in [-0.4, -0.2) is 53.2 Å². The van der Waals surface area contributed by atoms with Crippen molar-refractivity contribution >= 4 is 33.3 Å². The Kier molecular flexibility index (Phi) is 7.32. The summed E-state index contributed by atoms with van der Waals surface area (Å²) in [6.45, 7) is 2.72. The largest absolute Gasteiger partial charge is 0.482 e. The maximum Gasteiger partial charge on any atom is 0.261 e. The molecule has 38 heavy (non-hydrogen) atoms. The Morgan fingerprint density at radius 3 is 2.74 bits per heavy atom. The molecule has 0 saturated heterocycles. The maximum atomic E-state index is 15.3. The van der Waals surface area contributed by atoms with Crippen LogP contribution in [0.4, 0.5) is 10.2 Å². The van der Waals surface area contributed by atoms with E-state index in [4.69, 9.17) is 21.3 Å². The minimum Gasteiger partial charge on any atom is -0.482 e. The van der Waals surface area contributed by atoms with Crippen molar-refractivity contribution in [1.29, 1.82) is 0 Å². The summed E-state index contributed by atoms with van der Waals surface area (Å²) in [5.74, 6) is 0.755. The summed E-state index contributed by atoms with van der Waals surface area (Å²) in [7, 11) is -3.48. The number of anilines is 1. The van der Waals surface area contributed by atoms with Crippen molar-refractivity contribution in [3.05, 3.63) is 69.6 Å². The topological polar surface area (TPSA) is 106 Å². The second kappa shape index (κ2) is 10.5. The summed E-state index contributed by atoms with van der Waals surface area (Å²) < 4.78 is 48.7. The summed E-state index contributed by atoms with van der Waals surface area (Å²) in [6, 6.07) is 6.95. The second-order valence-electron chi connectivity index (χ2n) is 9.53. The minimum atomic E-state index is -3.48. The van der Waals surface area contributed by atoms with Gasteiger partial charge in [-0.3, -0.25) is 9.52 Å². The van der Waals surface area contributed by atoms with Crippen molar-refractivity contribution < 1.29 is 22.3 Å². The van der Waals surface area contributed by atoms with E-state index in [0.29, 0.717) is 36.4 Å². The first-order chi connectivity index (χ1) is 18.1. The first kappa shape index (κ1) is 26.4. The quantitative estimate of drug-likeness (QED) is 0.469. The molecule has 2 aliphatic rings. The van der Waals surface area contributed by atoms with Crippen molar-refractivity contribution in [3.63, 3.8) is 0 Å². The third-order valence-corrected chi connectivity index (χ3v) is 7.66. The van der Waals surface area contributed by atoms with Gasteiger partial charge >= 0.3 is 0 Å². The number of benzene rings is 1. The highest BCUT2D eigenvalue weighted by Crippen LogP contribution is 2.39. The zero-order chi connectivity index (χ0) is 27.0. The Labute approximate surface area is 226 Å². The molecule has 0 fully saturated rings. The number of nitrogens with one attached hydrogen (secondary N) is 1. The molecule has 12 heteroatoms. The fraction of sp³-hybridized carbons (Fsp3) is 0.423. The van der Waals surface area contributed by atoms with Crippen LogP contribution in [0.15, 0.2) is 30.3 Å². The minimum absolute atomic E-state index is 0.176. The number of pyridine rings is 1. The summed E-state index contributed by atoms with van der Waals surface area (Å²) in [6.07, 6.45) is 5.00. The number of aryl methyl sites for hydroxylation is 2. The SMILES string of the molecule is CCc1nc(NS(C)(=O)=O)ccc1OCC(=O)N1CCc2nc3n(c2[C@@H]1c1ccc(Cl)cc1F)CCCC3. The number of ether oxygens (including phenoxy) is 1. The molecule has 1 atom stereocenters. The molecule has 0 bridgehead atoms. The van der Waals surface area contributed by atoms with Crippen molar-refractivity contribution in [1.82, 2.24) is 19.4 Å². The van der Waals surface area contributed by atoms with E-state index in [9.17, 15) is 13.2 Å². The molecule has 0 spiro atoms. The standard InChI is InChI=1S/C26H29ClFN5O4S/c1-3-19-21(9-10-22(29-19)31-38(2,35)36)37-15-24(34)33-13-11-20-26(32-12-5-4-6-23(32)30-20)25(33)17-8-7-16(27)14-18(17)28/h7-10,14,25H,3-6,11-13,15H2,1-2H3,(H,29,31)/t25-/m0/s1. The number of fused-ring (bicyclic) bond motifs is 3. The molecule has 9 nitrogen and oxygen atoms in total. The van der Waals surface area contributed by atoms with E-state index in [1.807, 2.05) is 6.92 Å². The summed E-state index contributed by atoms with van der Waals surface area (Å²) in [5.41, 5.74) is 2.63. The Morgan fingerprint density at radius 1 is 1.18 bits per heavy atom. The van der Waals surface area contributed by atoms with Gasteiger partial charge in [-0.1, -0.05) is 24.6 Å². The first-order valence-electron chi connectivity index (χ1n) is 12.6. The van der Waals surface area contributed by atoms with Gasteiger partial charge in [0.25, 0.3) is 5.91 Å². The lowest BCUT2D eigenvalue weighted by Gasteiger charge is -2.37. The summed E-state index contributed by atoms with van der Waals surface area (Å²) >= 11 is 6.04. The Bertz CT molecular complexity index is 1490. The highest BCUT2D eigenvalue weighted by molar-refractivity contribution is 7.92. The molecular weight excluding hydrogens is 533 g/mol. The fourth-order valence-electron chi connectivity index (χ4n) is 5.20. The monoisotopic (exact) mass is 561 g/mol. The number of aromatic nitrogens is 3. The molecule has 2 aliphatic heterocycles. The number of rotatable bonds is 7. The van der Waals surface area contributed by atoms with E-state index in [0.717, 1.165) is 49.3 Å². The van der Waals surface area contributed by atoms with Gasteiger partial charge in [0.1, 0.15) is 29.3 Å². The highest BCUT2D eigenvalue weighted by Gasteiger charge is 2.38. The van der Waals surface area contributed by atoms with E-state index in [1.165, 1.54) is 12.1 Å². The van der Waals surface area contributed by atoms with Crippen molar-refractivity contribution in [2.24, 2.45) is 0 Å². The van der Waals surface area contributed by atoms with Gasteiger partial charge in [-0.05, 0) is 43.5 Å². The average Bonchev–Trinajstić information content (AvgIpc) is 3.25. The molecule has 4 heterocycles. The van der Waals surface area contributed by atoms with Gasteiger partial charge in [-0.25, -0.2) is 22.8 Å². The molecular formula is C26H29ClFN5O4S. The molecule has 0 saturated carbocycles. The molecule has 5 rings (SSSR count). The number of amides is 1. The van der Waals surface area contributed by atoms with E-state index in [2.05, 4.69) is 14.3 Å². The van der Waals surface area contributed by atoms with Gasteiger partial charge in [-0.2, -0.15) is 0 Å². The third kappa shape index (κ3) is 5.35. The van der Waals surface area contributed by atoms with Crippen molar-refractivity contribution in [3.8, 4) is 5.75 Å². The smallest absolute Gasteiger partial charge is 0.261 e. The molecule has 3 aromatic rings. The number of nitrogens with zero attached hydrogens (tertiary/aromatic N) is 4. The molecule has 202 valence electrons. The van der Waals surface area contributed by atoms with Crippen LogP contribution >= 0.6 is 11.6 Å². The van der Waals surface area contributed by atoms with Gasteiger partial charge in [0.2, 0.25) is 10.0 Å². The van der Waals surface area contributed by atoms with Crippen LogP contribution in [0.3, 0.4) is 0 Å². The number of sulfonamides is 1. The lowest BCUT2D eigenvalue weighted by Crippen LogP contribution is -2.44. The predicted molar refractivity (Wildman–Crippen MR) is 141 cm³/mol. The van der Waals surface area contributed by atoms with Crippen molar-refractivity contribution in [2.75, 3.05) is 24.1 Å². The van der Waals surface area contributed by atoms with E-state index < -0.39 is 21.9 Å². The normalized spacial score (nSPS) is 17.1. The Hall–Kier alpha value is -3.18. The van der Waals surface area contributed by atoms with E-state index >= 15 is 4.39 Å². The molecule has 2 aromatic heterocycles. The molecule has 0 radical (unpaired) electrons. The van der Waals surface area contributed by atoms with Gasteiger partial charge in [-0.15, -0.1) is 0 Å². The number of hydrogen-bond donors (Lipinski definition) is 1. The van der Waals surface area contributed by atoms with Crippen LogP contribution < -0.4 is 9.46 Å².